The second-order valence-electron chi connectivity index (χ2n) is 6.94. The Kier molecular flexibility index (Phi) is 5.72. The number of halogens is 1. The molecule has 1 aromatic carbocycles. The average molecular weight is 334 g/mol. The lowest BCUT2D eigenvalue weighted by molar-refractivity contribution is 0.0602. The molecule has 24 heavy (non-hydrogen) atoms. The minimum absolute atomic E-state index is 0.135. The zero-order valence-corrected chi connectivity index (χ0v) is 14.5. The summed E-state index contributed by atoms with van der Waals surface area (Å²) < 4.78 is 18.7. The lowest BCUT2D eigenvalue weighted by atomic mass is 9.89. The van der Waals surface area contributed by atoms with Crippen molar-refractivity contribution < 1.29 is 13.9 Å². The molecule has 1 amide bonds. The lowest BCUT2D eigenvalue weighted by Gasteiger charge is -2.37. The van der Waals surface area contributed by atoms with Gasteiger partial charge in [-0.05, 0) is 37.0 Å². The van der Waals surface area contributed by atoms with E-state index in [9.17, 15) is 9.18 Å². The summed E-state index contributed by atoms with van der Waals surface area (Å²) in [6.45, 7) is 4.36. The Labute approximate surface area is 143 Å². The van der Waals surface area contributed by atoms with Crippen LogP contribution in [0.1, 0.15) is 42.5 Å². The van der Waals surface area contributed by atoms with E-state index in [2.05, 4.69) is 4.90 Å². The van der Waals surface area contributed by atoms with Gasteiger partial charge in [-0.15, -0.1) is 0 Å². The van der Waals surface area contributed by atoms with Crippen molar-refractivity contribution in [2.45, 2.75) is 32.1 Å². The number of carbonyl (C=O) groups excluding carboxylic acids is 1. The fraction of sp³-hybridized carbons (Fsp3) is 0.632. The van der Waals surface area contributed by atoms with Crippen molar-refractivity contribution in [3.8, 4) is 5.75 Å². The summed E-state index contributed by atoms with van der Waals surface area (Å²) in [5, 5.41) is 0. The summed E-state index contributed by atoms with van der Waals surface area (Å²) in [5.74, 6) is 0.717. The van der Waals surface area contributed by atoms with Crippen molar-refractivity contribution in [3.63, 3.8) is 0 Å². The molecule has 1 heterocycles. The minimum atomic E-state index is -0.407. The third-order valence-corrected chi connectivity index (χ3v) is 5.29. The molecule has 3 rings (SSSR count). The maximum absolute atomic E-state index is 13.5. The summed E-state index contributed by atoms with van der Waals surface area (Å²) in [6, 6.07) is 4.11. The van der Waals surface area contributed by atoms with Crippen LogP contribution >= 0.6 is 0 Å². The van der Waals surface area contributed by atoms with Crippen LogP contribution in [0.25, 0.3) is 0 Å². The van der Waals surface area contributed by atoms with Crippen LogP contribution in [0.4, 0.5) is 4.39 Å². The van der Waals surface area contributed by atoms with E-state index in [0.717, 1.165) is 25.6 Å². The molecule has 0 atom stereocenters. The van der Waals surface area contributed by atoms with E-state index in [0.29, 0.717) is 24.4 Å². The largest absolute Gasteiger partial charge is 0.496 e. The molecule has 2 aliphatic rings. The lowest BCUT2D eigenvalue weighted by Crippen LogP contribution is -2.50. The van der Waals surface area contributed by atoms with E-state index >= 15 is 0 Å². The highest BCUT2D eigenvalue weighted by atomic mass is 19.1. The first-order valence-electron chi connectivity index (χ1n) is 9.02. The van der Waals surface area contributed by atoms with Crippen LogP contribution in [0, 0.1) is 11.7 Å². The van der Waals surface area contributed by atoms with Crippen LogP contribution < -0.4 is 4.74 Å². The maximum atomic E-state index is 13.5. The molecule has 0 unspecified atom stereocenters. The number of ether oxygens (including phenoxy) is 1. The van der Waals surface area contributed by atoms with Crippen molar-refractivity contribution >= 4 is 5.91 Å². The molecule has 1 saturated heterocycles. The Balaban J connectivity index is 1.56. The number of methoxy groups -OCH3 is 1. The second-order valence-corrected chi connectivity index (χ2v) is 6.94. The van der Waals surface area contributed by atoms with E-state index in [-0.39, 0.29) is 5.91 Å². The monoisotopic (exact) mass is 334 g/mol. The number of carbonyl (C=O) groups is 1. The molecular formula is C19H27FN2O2. The highest BCUT2D eigenvalue weighted by Gasteiger charge is 2.26. The first-order chi connectivity index (χ1) is 11.7. The highest BCUT2D eigenvalue weighted by molar-refractivity contribution is 5.97. The Bertz CT molecular complexity index is 564. The van der Waals surface area contributed by atoms with Crippen molar-refractivity contribution in [2.75, 3.05) is 39.8 Å². The van der Waals surface area contributed by atoms with Gasteiger partial charge in [0.25, 0.3) is 5.91 Å². The molecule has 5 heteroatoms. The number of rotatable bonds is 4. The molecule has 132 valence electrons. The third kappa shape index (κ3) is 4.07. The first-order valence-corrected chi connectivity index (χ1v) is 9.02. The quantitative estimate of drug-likeness (QED) is 0.848. The van der Waals surface area contributed by atoms with E-state index in [1.165, 1.54) is 57.4 Å². The van der Waals surface area contributed by atoms with E-state index in [1.807, 2.05) is 4.90 Å². The number of hydrogen-bond donors (Lipinski definition) is 0. The second kappa shape index (κ2) is 7.97. The van der Waals surface area contributed by atoms with Crippen LogP contribution in [-0.2, 0) is 0 Å². The first kappa shape index (κ1) is 17.2. The van der Waals surface area contributed by atoms with Crippen molar-refractivity contribution in [1.82, 2.24) is 9.80 Å². The van der Waals surface area contributed by atoms with E-state index in [4.69, 9.17) is 4.74 Å². The van der Waals surface area contributed by atoms with Crippen LogP contribution in [0.15, 0.2) is 18.2 Å². The standard InChI is InChI=1S/C19H27FN2O2/c1-24-18-8-7-16(20)13-17(18)19(23)22-11-9-21(10-12-22)14-15-5-3-2-4-6-15/h7-8,13,15H,2-6,9-12,14H2,1H3. The molecule has 2 fully saturated rings. The predicted octanol–water partition coefficient (Wildman–Crippen LogP) is 3.17. The maximum Gasteiger partial charge on any atom is 0.257 e. The van der Waals surface area contributed by atoms with Gasteiger partial charge in [0.15, 0.2) is 0 Å². The number of benzene rings is 1. The topological polar surface area (TPSA) is 32.8 Å². The zero-order valence-electron chi connectivity index (χ0n) is 14.5. The molecule has 0 spiro atoms. The highest BCUT2D eigenvalue weighted by Crippen LogP contribution is 2.25. The van der Waals surface area contributed by atoms with Crippen molar-refractivity contribution in [3.05, 3.63) is 29.6 Å². The van der Waals surface area contributed by atoms with E-state index < -0.39 is 5.82 Å². The molecule has 0 N–H and O–H groups in total. The fourth-order valence-electron chi connectivity index (χ4n) is 3.89. The van der Waals surface area contributed by atoms with Gasteiger partial charge in [-0.3, -0.25) is 9.69 Å². The molecule has 0 aromatic heterocycles. The Morgan fingerprint density at radius 2 is 1.88 bits per heavy atom. The zero-order chi connectivity index (χ0) is 16.9. The Hall–Kier alpha value is -1.62. The molecule has 1 aromatic rings. The smallest absolute Gasteiger partial charge is 0.257 e. The molecule has 1 saturated carbocycles. The normalized spacial score (nSPS) is 20.2. The van der Waals surface area contributed by atoms with Crippen molar-refractivity contribution in [2.24, 2.45) is 5.92 Å². The summed E-state index contributed by atoms with van der Waals surface area (Å²) in [5.41, 5.74) is 0.318. The SMILES string of the molecule is COc1ccc(F)cc1C(=O)N1CCN(CC2CCCCC2)CC1. The summed E-state index contributed by atoms with van der Waals surface area (Å²) in [6.07, 6.45) is 6.80. The van der Waals surface area contributed by atoms with Crippen molar-refractivity contribution in [1.29, 1.82) is 0 Å². The molecule has 0 bridgehead atoms. The van der Waals surface area contributed by atoms with E-state index in [1.54, 1.807) is 0 Å². The van der Waals surface area contributed by atoms with Gasteiger partial charge in [0.2, 0.25) is 0 Å². The van der Waals surface area contributed by atoms with Gasteiger partial charge in [-0.2, -0.15) is 0 Å². The van der Waals surface area contributed by atoms with Gasteiger partial charge >= 0.3 is 0 Å². The molecule has 1 aliphatic carbocycles. The number of nitrogens with zero attached hydrogens (tertiary/aromatic N) is 2. The molecule has 4 nitrogen and oxygen atoms in total. The van der Waals surface area contributed by atoms with Gasteiger partial charge in [-0.25, -0.2) is 4.39 Å². The molecular weight excluding hydrogens is 307 g/mol. The van der Waals surface area contributed by atoms with Crippen LogP contribution in [0.3, 0.4) is 0 Å². The Morgan fingerprint density at radius 3 is 2.54 bits per heavy atom. The number of amides is 1. The van der Waals surface area contributed by atoms with Gasteiger partial charge < -0.3 is 9.64 Å². The van der Waals surface area contributed by atoms with Gasteiger partial charge in [-0.1, -0.05) is 19.3 Å². The third-order valence-electron chi connectivity index (χ3n) is 5.29. The van der Waals surface area contributed by atoms with Gasteiger partial charge in [0.05, 0.1) is 12.7 Å². The summed E-state index contributed by atoms with van der Waals surface area (Å²) >= 11 is 0. The summed E-state index contributed by atoms with van der Waals surface area (Å²) in [7, 11) is 1.51. The van der Waals surface area contributed by atoms with Crippen LogP contribution in [0.2, 0.25) is 0 Å². The predicted molar refractivity (Wildman–Crippen MR) is 91.9 cm³/mol. The number of hydrogen-bond acceptors (Lipinski definition) is 3. The number of piperazine rings is 1. The average Bonchev–Trinajstić information content (AvgIpc) is 2.62. The molecule has 0 radical (unpaired) electrons. The summed E-state index contributed by atoms with van der Waals surface area (Å²) in [4.78, 5) is 17.0. The van der Waals surface area contributed by atoms with Gasteiger partial charge in [0.1, 0.15) is 11.6 Å². The Morgan fingerprint density at radius 1 is 1.17 bits per heavy atom. The minimum Gasteiger partial charge on any atom is -0.496 e. The fourth-order valence-corrected chi connectivity index (χ4v) is 3.89. The molecule has 1 aliphatic heterocycles. The van der Waals surface area contributed by atoms with Gasteiger partial charge in [0, 0.05) is 32.7 Å². The van der Waals surface area contributed by atoms with Crippen LogP contribution in [-0.4, -0.2) is 55.5 Å². The van der Waals surface area contributed by atoms with Crippen LogP contribution in [0.5, 0.6) is 5.75 Å².